The quantitative estimate of drug-likeness (QED) is 0.829. The van der Waals surface area contributed by atoms with E-state index in [2.05, 4.69) is 10.6 Å². The van der Waals surface area contributed by atoms with Crippen molar-refractivity contribution in [1.82, 2.24) is 10.6 Å². The van der Waals surface area contributed by atoms with Gasteiger partial charge in [-0.25, -0.2) is 0 Å². The predicted molar refractivity (Wildman–Crippen MR) is 104 cm³/mol. The van der Waals surface area contributed by atoms with Gasteiger partial charge in [-0.15, -0.1) is 0 Å². The maximum absolute atomic E-state index is 12.5. The van der Waals surface area contributed by atoms with E-state index >= 15 is 0 Å². The average Bonchev–Trinajstić information content (AvgIpc) is 3.08. The predicted octanol–water partition coefficient (Wildman–Crippen LogP) is 2.37. The molecule has 0 saturated carbocycles. The number of nitrogens with one attached hydrogen (secondary N) is 2. The van der Waals surface area contributed by atoms with Gasteiger partial charge in [0.25, 0.3) is 5.91 Å². The Balaban J connectivity index is 1.60. The second kappa shape index (κ2) is 8.22. The number of hydrogen-bond donors (Lipinski definition) is 2. The molecule has 27 heavy (non-hydrogen) atoms. The molecule has 7 heteroatoms. The van der Waals surface area contributed by atoms with Crippen LogP contribution >= 0.6 is 11.6 Å². The first-order valence-electron chi connectivity index (χ1n) is 8.62. The number of hydrogen-bond acceptors (Lipinski definition) is 3. The Bertz CT molecular complexity index is 867. The second-order valence-electron chi connectivity index (χ2n) is 6.38. The summed E-state index contributed by atoms with van der Waals surface area (Å²) < 4.78 is 0. The van der Waals surface area contributed by atoms with Gasteiger partial charge in [-0.3, -0.25) is 14.4 Å². The van der Waals surface area contributed by atoms with Crippen LogP contribution in [0.1, 0.15) is 22.3 Å². The number of nitrogens with zero attached hydrogens (tertiary/aromatic N) is 1. The molecule has 1 unspecified atom stereocenters. The first-order chi connectivity index (χ1) is 13.0. The van der Waals surface area contributed by atoms with Crippen molar-refractivity contribution in [2.45, 2.75) is 13.0 Å². The molecule has 2 aromatic carbocycles. The highest BCUT2D eigenvalue weighted by Gasteiger charge is 2.34. The third-order valence-electron chi connectivity index (χ3n) is 4.52. The highest BCUT2D eigenvalue weighted by Crippen LogP contribution is 2.26. The van der Waals surface area contributed by atoms with Crippen molar-refractivity contribution < 1.29 is 14.4 Å². The fourth-order valence-electron chi connectivity index (χ4n) is 3.05. The summed E-state index contributed by atoms with van der Waals surface area (Å²) in [5, 5.41) is 6.02. The number of amides is 3. The van der Waals surface area contributed by atoms with Crippen molar-refractivity contribution >= 4 is 35.0 Å². The van der Waals surface area contributed by atoms with Crippen molar-refractivity contribution in [2.24, 2.45) is 5.92 Å². The summed E-state index contributed by atoms with van der Waals surface area (Å²) in [7, 11) is 1.57. The molecule has 3 amide bonds. The van der Waals surface area contributed by atoms with Crippen LogP contribution < -0.4 is 15.5 Å². The van der Waals surface area contributed by atoms with Crippen LogP contribution in [0, 0.1) is 5.92 Å². The lowest BCUT2D eigenvalue weighted by atomic mass is 10.1. The van der Waals surface area contributed by atoms with E-state index in [1.165, 1.54) is 0 Å². The van der Waals surface area contributed by atoms with Crippen molar-refractivity contribution in [2.75, 3.05) is 18.5 Å². The molecule has 1 saturated heterocycles. The fourth-order valence-corrected chi connectivity index (χ4v) is 3.18. The third kappa shape index (κ3) is 4.46. The molecule has 1 heterocycles. The van der Waals surface area contributed by atoms with Gasteiger partial charge >= 0.3 is 0 Å². The summed E-state index contributed by atoms with van der Waals surface area (Å²) in [6.45, 7) is 0.639. The summed E-state index contributed by atoms with van der Waals surface area (Å²) in [6.07, 6.45) is 0.173. The fraction of sp³-hybridized carbons (Fsp3) is 0.250. The standard InChI is InChI=1S/C20H20ClN3O3/c1-22-19(26)14-4-2-3-13(9-14)11-23-20(27)15-10-18(25)24(12-15)17-7-5-16(21)6-8-17/h2-9,15H,10-12H2,1H3,(H,22,26)(H,23,27). The van der Waals surface area contributed by atoms with Crippen LogP contribution in [0.25, 0.3) is 0 Å². The van der Waals surface area contributed by atoms with Gasteiger partial charge in [0.15, 0.2) is 0 Å². The zero-order chi connectivity index (χ0) is 19.4. The lowest BCUT2D eigenvalue weighted by Crippen LogP contribution is -2.32. The smallest absolute Gasteiger partial charge is 0.251 e. The summed E-state index contributed by atoms with van der Waals surface area (Å²) in [5.74, 6) is -0.845. The zero-order valence-electron chi connectivity index (χ0n) is 14.9. The molecule has 0 aromatic heterocycles. The molecule has 1 atom stereocenters. The van der Waals surface area contributed by atoms with Crippen LogP contribution in [0.4, 0.5) is 5.69 Å². The Morgan fingerprint density at radius 1 is 1.19 bits per heavy atom. The second-order valence-corrected chi connectivity index (χ2v) is 6.82. The van der Waals surface area contributed by atoms with Crippen molar-refractivity contribution in [3.8, 4) is 0 Å². The zero-order valence-corrected chi connectivity index (χ0v) is 15.6. The SMILES string of the molecule is CNC(=O)c1cccc(CNC(=O)C2CC(=O)N(c3ccc(Cl)cc3)C2)c1. The largest absolute Gasteiger partial charge is 0.355 e. The van der Waals surface area contributed by atoms with E-state index < -0.39 is 5.92 Å². The average molecular weight is 386 g/mol. The summed E-state index contributed by atoms with van der Waals surface area (Å²) >= 11 is 5.88. The van der Waals surface area contributed by atoms with Gasteiger partial charge in [-0.2, -0.15) is 0 Å². The van der Waals surface area contributed by atoms with Gasteiger partial charge in [0, 0.05) is 42.8 Å². The van der Waals surface area contributed by atoms with E-state index in [0.717, 1.165) is 11.3 Å². The Morgan fingerprint density at radius 3 is 2.63 bits per heavy atom. The Hall–Kier alpha value is -2.86. The maximum Gasteiger partial charge on any atom is 0.251 e. The lowest BCUT2D eigenvalue weighted by molar-refractivity contribution is -0.126. The van der Waals surface area contributed by atoms with E-state index in [-0.39, 0.29) is 24.1 Å². The van der Waals surface area contributed by atoms with Crippen molar-refractivity contribution in [3.05, 3.63) is 64.7 Å². The van der Waals surface area contributed by atoms with Crippen molar-refractivity contribution in [1.29, 1.82) is 0 Å². The van der Waals surface area contributed by atoms with Crippen molar-refractivity contribution in [3.63, 3.8) is 0 Å². The molecule has 0 aliphatic carbocycles. The molecular formula is C20H20ClN3O3. The highest BCUT2D eigenvalue weighted by atomic mass is 35.5. The Morgan fingerprint density at radius 2 is 1.93 bits per heavy atom. The number of anilines is 1. The lowest BCUT2D eigenvalue weighted by Gasteiger charge is -2.16. The maximum atomic E-state index is 12.5. The van der Waals surface area contributed by atoms with Crippen LogP contribution in [0.3, 0.4) is 0 Å². The molecule has 1 fully saturated rings. The monoisotopic (exact) mass is 385 g/mol. The van der Waals surface area contributed by atoms with E-state index in [1.807, 2.05) is 6.07 Å². The molecule has 1 aliphatic heterocycles. The number of benzene rings is 2. The topological polar surface area (TPSA) is 78.5 Å². The van der Waals surface area contributed by atoms with E-state index in [0.29, 0.717) is 23.7 Å². The third-order valence-corrected chi connectivity index (χ3v) is 4.77. The first kappa shape index (κ1) is 18.9. The summed E-state index contributed by atoms with van der Waals surface area (Å²) in [6, 6.07) is 14.0. The Labute approximate surface area is 162 Å². The van der Waals surface area contributed by atoms with Gasteiger partial charge in [-0.05, 0) is 42.0 Å². The number of halogens is 1. The number of carbonyl (C=O) groups is 3. The Kier molecular flexibility index (Phi) is 5.76. The minimum Gasteiger partial charge on any atom is -0.355 e. The van der Waals surface area contributed by atoms with Gasteiger partial charge in [0.1, 0.15) is 0 Å². The van der Waals surface area contributed by atoms with Gasteiger partial charge < -0.3 is 15.5 Å². The first-order valence-corrected chi connectivity index (χ1v) is 9.00. The molecule has 3 rings (SSSR count). The number of rotatable bonds is 5. The molecular weight excluding hydrogens is 366 g/mol. The van der Waals surface area contributed by atoms with Gasteiger partial charge in [0.2, 0.25) is 11.8 Å². The molecule has 140 valence electrons. The van der Waals surface area contributed by atoms with Crippen LogP contribution in [-0.4, -0.2) is 31.3 Å². The van der Waals surface area contributed by atoms with E-state index in [4.69, 9.17) is 11.6 Å². The van der Waals surface area contributed by atoms with Gasteiger partial charge in [-0.1, -0.05) is 23.7 Å². The van der Waals surface area contributed by atoms with Crippen LogP contribution in [0.5, 0.6) is 0 Å². The normalized spacial score (nSPS) is 16.3. The molecule has 0 spiro atoms. The minimum absolute atomic E-state index is 0.0842. The van der Waals surface area contributed by atoms with E-state index in [1.54, 1.807) is 54.4 Å². The van der Waals surface area contributed by atoms with Crippen LogP contribution in [-0.2, 0) is 16.1 Å². The number of carbonyl (C=O) groups excluding carboxylic acids is 3. The molecule has 6 nitrogen and oxygen atoms in total. The molecule has 1 aliphatic rings. The molecule has 2 N–H and O–H groups in total. The summed E-state index contributed by atoms with van der Waals surface area (Å²) in [4.78, 5) is 38.0. The minimum atomic E-state index is -0.407. The van der Waals surface area contributed by atoms with E-state index in [9.17, 15) is 14.4 Å². The van der Waals surface area contributed by atoms with Crippen LogP contribution in [0.2, 0.25) is 5.02 Å². The summed E-state index contributed by atoms with van der Waals surface area (Å²) in [5.41, 5.74) is 2.09. The molecule has 0 bridgehead atoms. The molecule has 0 radical (unpaired) electrons. The van der Waals surface area contributed by atoms with Crippen LogP contribution in [0.15, 0.2) is 48.5 Å². The van der Waals surface area contributed by atoms with Gasteiger partial charge in [0.05, 0.1) is 5.92 Å². The molecule has 2 aromatic rings. The highest BCUT2D eigenvalue weighted by molar-refractivity contribution is 6.30.